The molecule has 176 valence electrons. The molecule has 33 heavy (non-hydrogen) atoms. The van der Waals surface area contributed by atoms with Gasteiger partial charge in [-0.25, -0.2) is 0 Å². The minimum absolute atomic E-state index is 0.0153. The Bertz CT molecular complexity index is 926. The van der Waals surface area contributed by atoms with Gasteiger partial charge in [0.2, 0.25) is 5.91 Å². The van der Waals surface area contributed by atoms with E-state index in [2.05, 4.69) is 59.5 Å². The monoisotopic (exact) mass is 447 g/mol. The first-order chi connectivity index (χ1) is 16.1. The van der Waals surface area contributed by atoms with E-state index in [1.807, 2.05) is 12.3 Å². The van der Waals surface area contributed by atoms with Crippen LogP contribution < -0.4 is 5.32 Å². The zero-order chi connectivity index (χ0) is 23.0. The predicted molar refractivity (Wildman–Crippen MR) is 134 cm³/mol. The number of rotatable bonds is 7. The molecule has 2 fully saturated rings. The Morgan fingerprint density at radius 2 is 1.79 bits per heavy atom. The second kappa shape index (κ2) is 11.6. The Labute approximate surface area is 198 Å². The number of hydrogen-bond donors (Lipinski definition) is 1. The number of ether oxygens (including phenoxy) is 1. The lowest BCUT2D eigenvalue weighted by Crippen LogP contribution is -2.42. The van der Waals surface area contributed by atoms with Crippen LogP contribution in [0.3, 0.4) is 0 Å². The number of benzene rings is 1. The quantitative estimate of drug-likeness (QED) is 0.616. The van der Waals surface area contributed by atoms with Crippen LogP contribution in [0.2, 0.25) is 0 Å². The number of aromatic nitrogens is 1. The number of aryl methyl sites for hydroxylation is 1. The number of nitrogens with one attached hydrogen (secondary N) is 1. The van der Waals surface area contributed by atoms with Gasteiger partial charge in [-0.3, -0.25) is 9.78 Å². The van der Waals surface area contributed by atoms with Gasteiger partial charge in [-0.05, 0) is 81.7 Å². The lowest BCUT2D eigenvalue weighted by molar-refractivity contribution is -0.117. The number of pyridine rings is 1. The van der Waals surface area contributed by atoms with Gasteiger partial charge < -0.3 is 15.0 Å². The maximum absolute atomic E-state index is 12.5. The fourth-order valence-electron chi connectivity index (χ4n) is 5.05. The Morgan fingerprint density at radius 3 is 2.52 bits per heavy atom. The Kier molecular flexibility index (Phi) is 8.30. The third-order valence-electron chi connectivity index (χ3n) is 7.12. The number of nitrogens with zero attached hydrogens (tertiary/aromatic N) is 2. The SMILES string of the molecule is Cc1ccc(-c2cncc(C=CC(=O)NC3CCC(CN(C)C4CCOCC4)CC3)c2)cc1. The molecule has 0 radical (unpaired) electrons. The van der Waals surface area contributed by atoms with Crippen LogP contribution in [0, 0.1) is 12.8 Å². The highest BCUT2D eigenvalue weighted by atomic mass is 16.5. The molecule has 1 saturated carbocycles. The summed E-state index contributed by atoms with van der Waals surface area (Å²) in [5.41, 5.74) is 4.36. The Balaban J connectivity index is 1.22. The largest absolute Gasteiger partial charge is 0.381 e. The highest BCUT2D eigenvalue weighted by Gasteiger charge is 2.25. The zero-order valence-electron chi connectivity index (χ0n) is 20.0. The number of carbonyl (C=O) groups excluding carboxylic acids is 1. The first-order valence-electron chi connectivity index (χ1n) is 12.4. The van der Waals surface area contributed by atoms with Gasteiger partial charge in [0.25, 0.3) is 0 Å². The smallest absolute Gasteiger partial charge is 0.244 e. The third kappa shape index (κ3) is 6.99. The van der Waals surface area contributed by atoms with Crippen molar-refractivity contribution >= 4 is 12.0 Å². The van der Waals surface area contributed by atoms with E-state index >= 15 is 0 Å². The van der Waals surface area contributed by atoms with Crippen molar-refractivity contribution in [2.24, 2.45) is 5.92 Å². The van der Waals surface area contributed by atoms with Crippen molar-refractivity contribution in [3.63, 3.8) is 0 Å². The zero-order valence-corrected chi connectivity index (χ0v) is 20.0. The van der Waals surface area contributed by atoms with Crippen LogP contribution in [0.25, 0.3) is 17.2 Å². The average molecular weight is 448 g/mol. The molecule has 1 aliphatic heterocycles. The van der Waals surface area contributed by atoms with E-state index in [1.54, 1.807) is 12.3 Å². The summed E-state index contributed by atoms with van der Waals surface area (Å²) in [5.74, 6) is 0.718. The molecule has 0 unspecified atom stereocenters. The molecule has 2 aliphatic rings. The minimum Gasteiger partial charge on any atom is -0.381 e. The van der Waals surface area contributed by atoms with Crippen LogP contribution in [-0.4, -0.2) is 54.7 Å². The van der Waals surface area contributed by atoms with E-state index in [0.29, 0.717) is 6.04 Å². The molecule has 1 N–H and O–H groups in total. The maximum atomic E-state index is 12.5. The second-order valence-electron chi connectivity index (χ2n) is 9.72. The lowest BCUT2D eigenvalue weighted by Gasteiger charge is -2.36. The third-order valence-corrected chi connectivity index (χ3v) is 7.12. The van der Waals surface area contributed by atoms with E-state index in [0.717, 1.165) is 68.1 Å². The van der Waals surface area contributed by atoms with Crippen molar-refractivity contribution in [1.29, 1.82) is 0 Å². The standard InChI is InChI=1S/C28H37N3O2/c1-21-3-8-24(9-4-21)25-17-23(18-29-19-25)7-12-28(32)30-26-10-5-22(6-11-26)20-31(2)27-13-15-33-16-14-27/h3-4,7-9,12,17-19,22,26-27H,5-6,10-11,13-16,20H2,1-2H3,(H,30,32). The van der Waals surface area contributed by atoms with Gasteiger partial charge in [-0.1, -0.05) is 29.8 Å². The first-order valence-corrected chi connectivity index (χ1v) is 12.4. The van der Waals surface area contributed by atoms with Gasteiger partial charge in [0.15, 0.2) is 0 Å². The molecule has 2 heterocycles. The Morgan fingerprint density at radius 1 is 1.06 bits per heavy atom. The summed E-state index contributed by atoms with van der Waals surface area (Å²) in [7, 11) is 2.26. The summed E-state index contributed by atoms with van der Waals surface area (Å²) in [5, 5.41) is 3.20. The van der Waals surface area contributed by atoms with Crippen LogP contribution >= 0.6 is 0 Å². The molecule has 4 rings (SSSR count). The van der Waals surface area contributed by atoms with Crippen LogP contribution in [-0.2, 0) is 9.53 Å². The molecule has 5 nitrogen and oxygen atoms in total. The van der Waals surface area contributed by atoms with E-state index in [1.165, 1.54) is 18.4 Å². The fraction of sp³-hybridized carbons (Fsp3) is 0.500. The molecule has 0 bridgehead atoms. The van der Waals surface area contributed by atoms with E-state index in [-0.39, 0.29) is 11.9 Å². The summed E-state index contributed by atoms with van der Waals surface area (Å²) in [4.78, 5) is 19.4. The summed E-state index contributed by atoms with van der Waals surface area (Å²) in [6.45, 7) is 5.04. The number of hydrogen-bond acceptors (Lipinski definition) is 4. The van der Waals surface area contributed by atoms with E-state index in [9.17, 15) is 4.79 Å². The molecule has 1 aromatic carbocycles. The average Bonchev–Trinajstić information content (AvgIpc) is 2.85. The summed E-state index contributed by atoms with van der Waals surface area (Å²) >= 11 is 0. The van der Waals surface area contributed by atoms with Crippen LogP contribution in [0.1, 0.15) is 49.7 Å². The summed E-state index contributed by atoms with van der Waals surface area (Å²) in [6, 6.07) is 11.4. The molecule has 0 spiro atoms. The second-order valence-corrected chi connectivity index (χ2v) is 9.72. The molecule has 1 aromatic heterocycles. The molecular weight excluding hydrogens is 410 g/mol. The minimum atomic E-state index is -0.0153. The normalized spacial score (nSPS) is 22.0. The highest BCUT2D eigenvalue weighted by molar-refractivity contribution is 5.92. The van der Waals surface area contributed by atoms with Crippen LogP contribution in [0.5, 0.6) is 0 Å². The van der Waals surface area contributed by atoms with Gasteiger partial charge in [-0.15, -0.1) is 0 Å². The topological polar surface area (TPSA) is 54.5 Å². The van der Waals surface area contributed by atoms with Crippen molar-refractivity contribution in [2.45, 2.75) is 57.5 Å². The van der Waals surface area contributed by atoms with Crippen molar-refractivity contribution in [3.8, 4) is 11.1 Å². The molecule has 1 amide bonds. The molecule has 1 aliphatic carbocycles. The van der Waals surface area contributed by atoms with Gasteiger partial charge in [0.05, 0.1) is 0 Å². The first kappa shape index (κ1) is 23.7. The van der Waals surface area contributed by atoms with Gasteiger partial charge in [0.1, 0.15) is 0 Å². The van der Waals surface area contributed by atoms with Crippen molar-refractivity contribution in [1.82, 2.24) is 15.2 Å². The molecule has 5 heteroatoms. The fourth-order valence-corrected chi connectivity index (χ4v) is 5.05. The molecular formula is C28H37N3O2. The van der Waals surface area contributed by atoms with Gasteiger partial charge in [-0.2, -0.15) is 0 Å². The molecule has 2 aromatic rings. The van der Waals surface area contributed by atoms with Crippen molar-refractivity contribution < 1.29 is 9.53 Å². The van der Waals surface area contributed by atoms with Crippen LogP contribution in [0.4, 0.5) is 0 Å². The van der Waals surface area contributed by atoms with Crippen LogP contribution in [0.15, 0.2) is 48.8 Å². The Hall–Kier alpha value is -2.50. The maximum Gasteiger partial charge on any atom is 0.244 e. The molecule has 0 atom stereocenters. The summed E-state index contributed by atoms with van der Waals surface area (Å²) < 4.78 is 5.49. The van der Waals surface area contributed by atoms with Gasteiger partial charge >= 0.3 is 0 Å². The summed E-state index contributed by atoms with van der Waals surface area (Å²) in [6.07, 6.45) is 14.0. The molecule has 1 saturated heterocycles. The van der Waals surface area contributed by atoms with Crippen molar-refractivity contribution in [2.75, 3.05) is 26.8 Å². The van der Waals surface area contributed by atoms with Gasteiger partial charge in [0, 0.05) is 55.9 Å². The lowest BCUT2D eigenvalue weighted by atomic mass is 9.85. The van der Waals surface area contributed by atoms with E-state index in [4.69, 9.17) is 4.74 Å². The number of amides is 1. The predicted octanol–water partition coefficient (Wildman–Crippen LogP) is 4.86. The van der Waals surface area contributed by atoms with E-state index < -0.39 is 0 Å². The highest BCUT2D eigenvalue weighted by Crippen LogP contribution is 2.26. The van der Waals surface area contributed by atoms with Crippen molar-refractivity contribution in [3.05, 3.63) is 59.9 Å². The number of carbonyl (C=O) groups is 1.